The highest BCUT2D eigenvalue weighted by Crippen LogP contribution is 2.51. The number of imide groups is 1. The Kier molecular flexibility index (Phi) is 8.15. The lowest BCUT2D eigenvalue weighted by molar-refractivity contribution is -0.143. The Bertz CT molecular complexity index is 1330. The number of carbonyl (C=O) groups is 2. The Morgan fingerprint density at radius 2 is 1.71 bits per heavy atom. The van der Waals surface area contributed by atoms with Crippen LogP contribution in [0.1, 0.15) is 62.5 Å². The minimum atomic E-state index is -1.04. The maximum atomic E-state index is 13.9. The van der Waals surface area contributed by atoms with Crippen molar-refractivity contribution in [3.8, 4) is 5.75 Å². The summed E-state index contributed by atoms with van der Waals surface area (Å²) in [5.41, 5.74) is 4.78. The molecule has 2 heterocycles. The van der Waals surface area contributed by atoms with Crippen LogP contribution in [0.5, 0.6) is 5.75 Å². The third-order valence-corrected chi connectivity index (χ3v) is 9.53. The van der Waals surface area contributed by atoms with Gasteiger partial charge in [0.2, 0.25) is 11.8 Å². The molecule has 0 bridgehead atoms. The smallest absolute Gasteiger partial charge is 0.455 e. The van der Waals surface area contributed by atoms with Gasteiger partial charge >= 0.3 is 7.12 Å². The van der Waals surface area contributed by atoms with Crippen LogP contribution >= 0.6 is 0 Å². The van der Waals surface area contributed by atoms with Gasteiger partial charge < -0.3 is 19.9 Å². The van der Waals surface area contributed by atoms with E-state index in [-0.39, 0.29) is 42.5 Å². The number of fused-ring (bicyclic) bond motifs is 3. The highest BCUT2D eigenvalue weighted by atomic mass is 16.5. The first-order valence-electron chi connectivity index (χ1n) is 15.0. The number of aliphatic hydroxyl groups is 1. The fraction of sp³-hybridized carbons (Fsp3) is 0.455. The molecule has 2 aromatic rings. The highest BCUT2D eigenvalue weighted by molar-refractivity contribution is 6.43. The van der Waals surface area contributed by atoms with E-state index in [1.165, 1.54) is 0 Å². The van der Waals surface area contributed by atoms with Crippen molar-refractivity contribution in [2.45, 2.75) is 69.8 Å². The number of rotatable bonds is 7. The molecular weight excluding hydrogens is 517 g/mol. The fourth-order valence-electron chi connectivity index (χ4n) is 7.64. The number of aromatic hydroxyl groups is 1. The molecule has 214 valence electrons. The maximum Gasteiger partial charge on any atom is 0.455 e. The average Bonchev–Trinajstić information content (AvgIpc) is 3.25. The van der Waals surface area contributed by atoms with E-state index in [4.69, 9.17) is 4.65 Å². The fourth-order valence-corrected chi connectivity index (χ4v) is 7.64. The SMILES string of the molecule is O=C1[C@@H]2[C@@H](CC(CO)=C3[C@@H](CC/C(=C/c4ccc(O)cc4)c4ccccc4)OB(O)C[C@@H]32)C(=O)N1C1CCCCC1. The van der Waals surface area contributed by atoms with Gasteiger partial charge in [0.15, 0.2) is 0 Å². The van der Waals surface area contributed by atoms with Crippen LogP contribution in [-0.4, -0.2) is 57.8 Å². The predicted molar refractivity (Wildman–Crippen MR) is 157 cm³/mol. The largest absolute Gasteiger partial charge is 0.508 e. The van der Waals surface area contributed by atoms with Crippen LogP contribution in [0.4, 0.5) is 0 Å². The molecule has 8 heteroatoms. The Hall–Kier alpha value is -3.20. The minimum Gasteiger partial charge on any atom is -0.508 e. The van der Waals surface area contributed by atoms with E-state index in [2.05, 4.69) is 18.2 Å². The van der Waals surface area contributed by atoms with Crippen LogP contribution in [0.25, 0.3) is 11.6 Å². The van der Waals surface area contributed by atoms with Gasteiger partial charge in [-0.1, -0.05) is 67.8 Å². The number of carbonyl (C=O) groups excluding carboxylic acids is 2. The molecule has 0 radical (unpaired) electrons. The van der Waals surface area contributed by atoms with Crippen LogP contribution in [0.3, 0.4) is 0 Å². The molecular formula is C33H38BNO6. The van der Waals surface area contributed by atoms with Gasteiger partial charge in [-0.25, -0.2) is 0 Å². The van der Waals surface area contributed by atoms with Gasteiger partial charge in [0.05, 0.1) is 24.5 Å². The molecule has 2 saturated heterocycles. The van der Waals surface area contributed by atoms with E-state index in [0.29, 0.717) is 19.3 Å². The van der Waals surface area contributed by atoms with E-state index in [0.717, 1.165) is 60.0 Å². The quantitative estimate of drug-likeness (QED) is 0.196. The summed E-state index contributed by atoms with van der Waals surface area (Å²) in [5.74, 6) is -1.29. The van der Waals surface area contributed by atoms with E-state index >= 15 is 0 Å². The average molecular weight is 555 g/mol. The van der Waals surface area contributed by atoms with Gasteiger partial charge in [-0.2, -0.15) is 0 Å². The summed E-state index contributed by atoms with van der Waals surface area (Å²) in [6.07, 6.45) is 8.34. The molecule has 4 aliphatic rings. The number of hydrogen-bond donors (Lipinski definition) is 3. The zero-order valence-corrected chi connectivity index (χ0v) is 23.3. The first-order valence-corrected chi connectivity index (χ1v) is 15.0. The van der Waals surface area contributed by atoms with E-state index in [1.807, 2.05) is 30.3 Å². The molecule has 2 aliphatic heterocycles. The van der Waals surface area contributed by atoms with E-state index in [9.17, 15) is 24.8 Å². The maximum absolute atomic E-state index is 13.9. The number of aliphatic hydroxyl groups excluding tert-OH is 1. The second-order valence-electron chi connectivity index (χ2n) is 12.0. The zero-order valence-electron chi connectivity index (χ0n) is 23.3. The van der Waals surface area contributed by atoms with E-state index in [1.54, 1.807) is 17.0 Å². The van der Waals surface area contributed by atoms with Crippen LogP contribution in [0.2, 0.25) is 6.32 Å². The summed E-state index contributed by atoms with van der Waals surface area (Å²) in [6, 6.07) is 17.1. The first kappa shape index (κ1) is 27.9. The molecule has 7 nitrogen and oxygen atoms in total. The van der Waals surface area contributed by atoms with Crippen molar-refractivity contribution in [1.29, 1.82) is 0 Å². The van der Waals surface area contributed by atoms with Crippen molar-refractivity contribution in [2.24, 2.45) is 17.8 Å². The summed E-state index contributed by atoms with van der Waals surface area (Å²) in [6.45, 7) is -0.190. The molecule has 3 N–H and O–H groups in total. The number of likely N-dealkylation sites (tertiary alicyclic amines) is 1. The first-order chi connectivity index (χ1) is 19.9. The van der Waals surface area contributed by atoms with E-state index < -0.39 is 25.1 Å². The molecule has 6 rings (SSSR count). The lowest BCUT2D eigenvalue weighted by Crippen LogP contribution is -2.47. The summed E-state index contributed by atoms with van der Waals surface area (Å²) in [5, 5.41) is 31.0. The van der Waals surface area contributed by atoms with Gasteiger partial charge in [0, 0.05) is 6.04 Å². The Morgan fingerprint density at radius 1 is 0.976 bits per heavy atom. The minimum absolute atomic E-state index is 0.0330. The van der Waals surface area contributed by atoms with Gasteiger partial charge in [-0.15, -0.1) is 0 Å². The summed E-state index contributed by atoms with van der Waals surface area (Å²) in [4.78, 5) is 29.0. The molecule has 2 aliphatic carbocycles. The number of amides is 2. The Morgan fingerprint density at radius 3 is 2.41 bits per heavy atom. The number of phenols is 1. The van der Waals surface area contributed by atoms with Gasteiger partial charge in [-0.3, -0.25) is 14.5 Å². The zero-order chi connectivity index (χ0) is 28.5. The highest BCUT2D eigenvalue weighted by Gasteiger charge is 2.58. The Labute approximate surface area is 241 Å². The van der Waals surface area contributed by atoms with Crippen molar-refractivity contribution in [2.75, 3.05) is 6.61 Å². The van der Waals surface area contributed by atoms with Crippen LogP contribution in [0.15, 0.2) is 65.7 Å². The molecule has 3 fully saturated rings. The van der Waals surface area contributed by atoms with Gasteiger partial charge in [-0.05, 0) is 84.3 Å². The molecule has 0 aromatic heterocycles. The lowest BCUT2D eigenvalue weighted by atomic mass is 9.58. The van der Waals surface area contributed by atoms with Crippen molar-refractivity contribution in [1.82, 2.24) is 4.90 Å². The summed E-state index contributed by atoms with van der Waals surface area (Å²) >= 11 is 0. The van der Waals surface area contributed by atoms with Crippen LogP contribution in [0, 0.1) is 17.8 Å². The topological polar surface area (TPSA) is 107 Å². The van der Waals surface area contributed by atoms with Crippen molar-refractivity contribution in [3.63, 3.8) is 0 Å². The summed E-state index contributed by atoms with van der Waals surface area (Å²) in [7, 11) is -1.04. The summed E-state index contributed by atoms with van der Waals surface area (Å²) < 4.78 is 6.11. The second kappa shape index (κ2) is 12.0. The number of phenolic OH excluding ortho intramolecular Hbond substituents is 1. The number of nitrogens with zero attached hydrogens (tertiary/aromatic N) is 1. The lowest BCUT2D eigenvalue weighted by Gasteiger charge is -2.43. The molecule has 2 aromatic carbocycles. The third kappa shape index (κ3) is 5.53. The van der Waals surface area contributed by atoms with Crippen molar-refractivity contribution < 1.29 is 29.5 Å². The van der Waals surface area contributed by atoms with Crippen molar-refractivity contribution >= 4 is 30.6 Å². The molecule has 41 heavy (non-hydrogen) atoms. The predicted octanol–water partition coefficient (Wildman–Crippen LogP) is 4.84. The molecule has 4 atom stereocenters. The monoisotopic (exact) mass is 555 g/mol. The molecule has 0 spiro atoms. The number of allylic oxidation sites excluding steroid dienone is 1. The standard InChI is InChI=1S/C33H38BNO6/c36-20-24-18-27-31(33(39)35(32(27)38)25-9-5-2-6-10-25)28-19-34(40)41-29(30(24)28)16-13-23(22-7-3-1-4-8-22)17-21-11-14-26(37)15-12-21/h1,3-4,7-8,11-12,14-15,17,25,27-29,31,36-37,40H,2,5-6,9-10,13,16,18-20H2/b23-17-/t27-,28+,29-,31-/m1/s1. The van der Waals surface area contributed by atoms with Gasteiger partial charge in [0.25, 0.3) is 0 Å². The molecule has 2 amide bonds. The number of benzene rings is 2. The second-order valence-corrected chi connectivity index (χ2v) is 12.0. The third-order valence-electron chi connectivity index (χ3n) is 9.53. The normalized spacial score (nSPS) is 27.3. The molecule has 0 unspecified atom stereocenters. The molecule has 1 saturated carbocycles. The van der Waals surface area contributed by atoms with Gasteiger partial charge in [0.1, 0.15) is 5.75 Å². The van der Waals surface area contributed by atoms with Crippen LogP contribution < -0.4 is 0 Å². The van der Waals surface area contributed by atoms with Crippen molar-refractivity contribution in [3.05, 3.63) is 76.9 Å². The number of hydrogen-bond acceptors (Lipinski definition) is 6. The Balaban J connectivity index is 1.29. The van der Waals surface area contributed by atoms with Crippen LogP contribution in [-0.2, 0) is 14.2 Å².